The van der Waals surface area contributed by atoms with Crippen molar-refractivity contribution < 1.29 is 29.3 Å². The first-order chi connectivity index (χ1) is 15.5. The third-order valence-electron chi connectivity index (χ3n) is 5.31. The first kappa shape index (κ1) is 25.6. The molecule has 174 valence electrons. The predicted molar refractivity (Wildman–Crippen MR) is 122 cm³/mol. The lowest BCUT2D eigenvalue weighted by Crippen LogP contribution is -2.33. The van der Waals surface area contributed by atoms with Gasteiger partial charge in [-0.1, -0.05) is 68.7 Å². The Morgan fingerprint density at radius 2 is 1.69 bits per heavy atom. The average Bonchev–Trinajstić information content (AvgIpc) is 2.82. The Balaban J connectivity index is 1.82. The van der Waals surface area contributed by atoms with Crippen LogP contribution in [0.15, 0.2) is 54.6 Å². The van der Waals surface area contributed by atoms with Gasteiger partial charge in [0.05, 0.1) is 24.9 Å². The summed E-state index contributed by atoms with van der Waals surface area (Å²) < 4.78 is 10.6. The quantitative estimate of drug-likeness (QED) is 0.338. The number of aliphatic hydroxyl groups is 2. The van der Waals surface area contributed by atoms with Crippen LogP contribution in [0.25, 0.3) is 0 Å². The summed E-state index contributed by atoms with van der Waals surface area (Å²) in [5.74, 6) is -2.01. The fraction of sp³-hybridized carbons (Fsp3) is 0.462. The van der Waals surface area contributed by atoms with Gasteiger partial charge in [-0.2, -0.15) is 0 Å². The fourth-order valence-electron chi connectivity index (χ4n) is 3.34. The molecule has 0 aliphatic rings. The second-order valence-electron chi connectivity index (χ2n) is 7.89. The first-order valence-electron chi connectivity index (χ1n) is 11.3. The van der Waals surface area contributed by atoms with Crippen LogP contribution in [-0.2, 0) is 27.3 Å². The molecule has 0 saturated heterocycles. The number of hydrogen-bond acceptors (Lipinski definition) is 6. The molecule has 6 nitrogen and oxygen atoms in total. The summed E-state index contributed by atoms with van der Waals surface area (Å²) in [6.07, 6.45) is 3.80. The third-order valence-corrected chi connectivity index (χ3v) is 5.31. The molecule has 0 heterocycles. The molecular weight excluding hydrogens is 408 g/mol. The molecule has 0 aliphatic heterocycles. The van der Waals surface area contributed by atoms with Crippen molar-refractivity contribution >= 4 is 11.9 Å². The van der Waals surface area contributed by atoms with Crippen LogP contribution in [-0.4, -0.2) is 41.5 Å². The van der Waals surface area contributed by atoms with Crippen molar-refractivity contribution in [2.75, 3.05) is 13.2 Å². The lowest BCUT2D eigenvalue weighted by Gasteiger charge is -2.19. The van der Waals surface area contributed by atoms with Gasteiger partial charge >= 0.3 is 11.9 Å². The maximum Gasteiger partial charge on any atom is 0.338 e. The molecular formula is C26H34O6. The maximum atomic E-state index is 12.3. The van der Waals surface area contributed by atoms with E-state index < -0.39 is 24.6 Å². The molecule has 0 amide bonds. The second-order valence-corrected chi connectivity index (χ2v) is 7.89. The van der Waals surface area contributed by atoms with E-state index in [-0.39, 0.29) is 19.0 Å². The van der Waals surface area contributed by atoms with E-state index in [1.807, 2.05) is 36.4 Å². The van der Waals surface area contributed by atoms with Crippen LogP contribution in [0.5, 0.6) is 0 Å². The first-order valence-corrected chi connectivity index (χ1v) is 11.3. The van der Waals surface area contributed by atoms with E-state index in [2.05, 4.69) is 6.92 Å². The van der Waals surface area contributed by atoms with Crippen molar-refractivity contribution in [3.8, 4) is 0 Å². The highest BCUT2D eigenvalue weighted by atomic mass is 16.5. The molecule has 0 radical (unpaired) electrons. The lowest BCUT2D eigenvalue weighted by molar-refractivity contribution is -0.156. The number of aliphatic hydroxyl groups excluding tert-OH is 2. The minimum Gasteiger partial charge on any atom is -0.462 e. The summed E-state index contributed by atoms with van der Waals surface area (Å²) in [7, 11) is 0. The third kappa shape index (κ3) is 8.81. The fourth-order valence-corrected chi connectivity index (χ4v) is 3.34. The molecule has 2 atom stereocenters. The van der Waals surface area contributed by atoms with Gasteiger partial charge in [-0.25, -0.2) is 4.79 Å². The molecule has 0 bridgehead atoms. The van der Waals surface area contributed by atoms with E-state index in [4.69, 9.17) is 9.47 Å². The van der Waals surface area contributed by atoms with E-state index in [0.717, 1.165) is 36.8 Å². The molecule has 6 heteroatoms. The highest BCUT2D eigenvalue weighted by molar-refractivity contribution is 5.89. The van der Waals surface area contributed by atoms with Gasteiger partial charge < -0.3 is 19.7 Å². The highest BCUT2D eigenvalue weighted by Crippen LogP contribution is 2.16. The second kappa shape index (κ2) is 14.4. The highest BCUT2D eigenvalue weighted by Gasteiger charge is 2.27. The van der Waals surface area contributed by atoms with Crippen LogP contribution in [0.3, 0.4) is 0 Å². The zero-order chi connectivity index (χ0) is 23.2. The smallest absolute Gasteiger partial charge is 0.338 e. The summed E-state index contributed by atoms with van der Waals surface area (Å²) in [5.41, 5.74) is 2.15. The summed E-state index contributed by atoms with van der Waals surface area (Å²) in [6, 6.07) is 16.3. The van der Waals surface area contributed by atoms with Crippen molar-refractivity contribution in [1.82, 2.24) is 0 Å². The summed E-state index contributed by atoms with van der Waals surface area (Å²) in [6.45, 7) is 2.13. The Hall–Kier alpha value is -2.70. The number of unbranched alkanes of at least 4 members (excludes halogenated alkanes) is 3. The van der Waals surface area contributed by atoms with Crippen molar-refractivity contribution in [2.45, 2.75) is 58.2 Å². The van der Waals surface area contributed by atoms with E-state index in [1.165, 1.54) is 0 Å². The molecule has 0 aromatic heterocycles. The minimum absolute atomic E-state index is 0.0888. The van der Waals surface area contributed by atoms with E-state index in [9.17, 15) is 19.8 Å². The van der Waals surface area contributed by atoms with Crippen molar-refractivity contribution in [2.24, 2.45) is 5.92 Å². The number of rotatable bonds is 14. The Labute approximate surface area is 190 Å². The van der Waals surface area contributed by atoms with Crippen LogP contribution in [0.4, 0.5) is 0 Å². The van der Waals surface area contributed by atoms with Gasteiger partial charge in [0.2, 0.25) is 0 Å². The Morgan fingerprint density at radius 3 is 2.41 bits per heavy atom. The van der Waals surface area contributed by atoms with Crippen LogP contribution in [0, 0.1) is 5.92 Å². The topological polar surface area (TPSA) is 93.1 Å². The van der Waals surface area contributed by atoms with Gasteiger partial charge in [-0.05, 0) is 42.5 Å². The molecule has 32 heavy (non-hydrogen) atoms. The van der Waals surface area contributed by atoms with Gasteiger partial charge in [0.1, 0.15) is 12.5 Å². The maximum absolute atomic E-state index is 12.3. The molecule has 2 aromatic rings. The average molecular weight is 443 g/mol. The van der Waals surface area contributed by atoms with Crippen LogP contribution < -0.4 is 0 Å². The zero-order valence-corrected chi connectivity index (χ0v) is 18.7. The van der Waals surface area contributed by atoms with Gasteiger partial charge in [-0.3, -0.25) is 4.79 Å². The van der Waals surface area contributed by atoms with Crippen molar-refractivity contribution in [3.05, 3.63) is 71.3 Å². The molecule has 0 aliphatic carbocycles. The normalized spacial score (nSPS) is 12.7. The molecule has 0 saturated carbocycles. The van der Waals surface area contributed by atoms with Crippen molar-refractivity contribution in [1.29, 1.82) is 0 Å². The summed E-state index contributed by atoms with van der Waals surface area (Å²) in [5, 5.41) is 20.0. The summed E-state index contributed by atoms with van der Waals surface area (Å²) >= 11 is 0. The van der Waals surface area contributed by atoms with E-state index in [1.54, 1.807) is 18.2 Å². The predicted octanol–water partition coefficient (Wildman–Crippen LogP) is 4.07. The molecule has 2 N–H and O–H groups in total. The number of carbonyl (C=O) groups excluding carboxylic acids is 2. The van der Waals surface area contributed by atoms with E-state index in [0.29, 0.717) is 18.6 Å². The number of esters is 2. The number of hydrogen-bond donors (Lipinski definition) is 2. The van der Waals surface area contributed by atoms with Gasteiger partial charge in [0, 0.05) is 0 Å². The number of carbonyl (C=O) groups is 2. The largest absolute Gasteiger partial charge is 0.462 e. The Bertz CT molecular complexity index is 820. The monoisotopic (exact) mass is 442 g/mol. The molecule has 2 aromatic carbocycles. The van der Waals surface area contributed by atoms with Crippen LogP contribution in [0.1, 0.15) is 60.5 Å². The molecule has 2 rings (SSSR count). The molecule has 0 unspecified atom stereocenters. The van der Waals surface area contributed by atoms with Crippen LogP contribution >= 0.6 is 0 Å². The van der Waals surface area contributed by atoms with Crippen molar-refractivity contribution in [3.63, 3.8) is 0 Å². The Kier molecular flexibility index (Phi) is 11.5. The van der Waals surface area contributed by atoms with Gasteiger partial charge in [0.25, 0.3) is 0 Å². The lowest BCUT2D eigenvalue weighted by atomic mass is 9.96. The van der Waals surface area contributed by atoms with Gasteiger partial charge in [0.15, 0.2) is 0 Å². The SMILES string of the molecule is CCCCCCOC(=O)c1cccc(CC[C@H](O)[C@H](CO)C(=O)OCc2ccccc2)c1. The number of ether oxygens (including phenoxy) is 2. The molecule has 0 spiro atoms. The molecule has 0 fully saturated rings. The number of aryl methyl sites for hydroxylation is 1. The van der Waals surface area contributed by atoms with E-state index >= 15 is 0 Å². The summed E-state index contributed by atoms with van der Waals surface area (Å²) in [4.78, 5) is 24.5. The zero-order valence-electron chi connectivity index (χ0n) is 18.7. The van der Waals surface area contributed by atoms with Crippen LogP contribution in [0.2, 0.25) is 0 Å². The number of benzene rings is 2. The van der Waals surface area contributed by atoms with Gasteiger partial charge in [-0.15, -0.1) is 0 Å². The Morgan fingerprint density at radius 1 is 0.938 bits per heavy atom. The standard InChI is InChI=1S/C26H34O6/c1-2-3-4-8-16-31-25(29)22-13-9-12-20(17-22)14-15-24(28)23(18-27)26(30)32-19-21-10-6-5-7-11-21/h5-7,9-13,17,23-24,27-28H,2-4,8,14-16,18-19H2,1H3/t23-,24-/m0/s1. The minimum atomic E-state index is -1.06.